The highest BCUT2D eigenvalue weighted by molar-refractivity contribution is 5.93. The van der Waals surface area contributed by atoms with Crippen molar-refractivity contribution in [3.05, 3.63) is 82.4 Å². The number of aryl methyl sites for hydroxylation is 1. The lowest BCUT2D eigenvalue weighted by atomic mass is 9.96. The van der Waals surface area contributed by atoms with Gasteiger partial charge in [0.1, 0.15) is 23.9 Å². The first-order chi connectivity index (χ1) is 15.5. The molecule has 1 fully saturated rings. The minimum Gasteiger partial charge on any atom is -0.508 e. The Labute approximate surface area is 186 Å². The van der Waals surface area contributed by atoms with E-state index in [0.717, 1.165) is 18.4 Å². The van der Waals surface area contributed by atoms with Gasteiger partial charge in [0, 0.05) is 18.7 Å². The van der Waals surface area contributed by atoms with E-state index in [2.05, 4.69) is 22.3 Å². The molecule has 0 radical (unpaired) electrons. The van der Waals surface area contributed by atoms with E-state index in [0.29, 0.717) is 11.3 Å². The molecule has 1 amide bonds. The van der Waals surface area contributed by atoms with Gasteiger partial charge >= 0.3 is 0 Å². The first-order valence-corrected chi connectivity index (χ1v) is 10.4. The zero-order valence-corrected chi connectivity index (χ0v) is 17.9. The molecule has 1 saturated carbocycles. The largest absolute Gasteiger partial charge is 0.508 e. The molecule has 0 unspecified atom stereocenters. The molecule has 1 atom stereocenters. The average Bonchev–Trinajstić information content (AvgIpc) is 3.54. The Balaban J connectivity index is 1.67. The van der Waals surface area contributed by atoms with Crippen molar-refractivity contribution in [2.75, 3.05) is 13.7 Å². The summed E-state index contributed by atoms with van der Waals surface area (Å²) in [5.74, 6) is 4.86. The zero-order valence-electron chi connectivity index (χ0n) is 17.9. The van der Waals surface area contributed by atoms with Crippen LogP contribution in [-0.2, 0) is 4.74 Å². The van der Waals surface area contributed by atoms with Crippen molar-refractivity contribution in [2.45, 2.75) is 31.8 Å². The Kier molecular flexibility index (Phi) is 6.24. The van der Waals surface area contributed by atoms with Gasteiger partial charge in [0.15, 0.2) is 5.69 Å². The molecule has 1 aliphatic carbocycles. The standard InChI is InChI=1S/C25H24FN3O3/c1-16-5-7-17(8-6-16)24(21-14-18(26)9-12-23(21)30)27-25(31)22-15-20(4-3-13-32-2)29(28-22)19-10-11-19/h5-9,12,14-15,19,24,30H,10-11,13H2,1-2H3,(H,27,31)/t24-/m0/s1. The number of ether oxygens (including phenoxy) is 1. The van der Waals surface area contributed by atoms with E-state index in [1.807, 2.05) is 31.2 Å². The number of hydrogen-bond donors (Lipinski definition) is 2. The summed E-state index contributed by atoms with van der Waals surface area (Å²) in [5, 5.41) is 17.8. The van der Waals surface area contributed by atoms with Crippen LogP contribution in [0.15, 0.2) is 48.5 Å². The summed E-state index contributed by atoms with van der Waals surface area (Å²) in [5.41, 5.74) is 2.89. The third kappa shape index (κ3) is 4.82. The number of phenolic OH excluding ortho intramolecular Hbond substituents is 1. The van der Waals surface area contributed by atoms with Crippen LogP contribution in [0.2, 0.25) is 0 Å². The van der Waals surface area contributed by atoms with Gasteiger partial charge in [-0.1, -0.05) is 35.7 Å². The smallest absolute Gasteiger partial charge is 0.272 e. The second kappa shape index (κ2) is 9.25. The van der Waals surface area contributed by atoms with Gasteiger partial charge in [-0.15, -0.1) is 0 Å². The fraction of sp³-hybridized carbons (Fsp3) is 0.280. The molecule has 2 aromatic carbocycles. The summed E-state index contributed by atoms with van der Waals surface area (Å²) < 4.78 is 20.7. The van der Waals surface area contributed by atoms with Crippen LogP contribution in [0.3, 0.4) is 0 Å². The number of methoxy groups -OCH3 is 1. The Morgan fingerprint density at radius 3 is 2.72 bits per heavy atom. The number of aromatic hydroxyl groups is 1. The minimum absolute atomic E-state index is 0.105. The van der Waals surface area contributed by atoms with Gasteiger partial charge < -0.3 is 15.2 Å². The van der Waals surface area contributed by atoms with E-state index < -0.39 is 17.8 Å². The first-order valence-electron chi connectivity index (χ1n) is 10.4. The number of carbonyl (C=O) groups is 1. The normalized spacial score (nSPS) is 13.8. The summed E-state index contributed by atoms with van der Waals surface area (Å²) in [6, 6.07) is 12.3. The van der Waals surface area contributed by atoms with Crippen LogP contribution in [0.5, 0.6) is 5.75 Å². The molecule has 4 rings (SSSR count). The summed E-state index contributed by atoms with van der Waals surface area (Å²) in [4.78, 5) is 13.2. The van der Waals surface area contributed by atoms with Crippen LogP contribution < -0.4 is 5.32 Å². The van der Waals surface area contributed by atoms with E-state index in [1.165, 1.54) is 18.2 Å². The molecule has 7 heteroatoms. The predicted molar refractivity (Wildman–Crippen MR) is 118 cm³/mol. The number of phenols is 1. The number of carbonyl (C=O) groups excluding carboxylic acids is 1. The van der Waals surface area contributed by atoms with Crippen molar-refractivity contribution < 1.29 is 19.0 Å². The van der Waals surface area contributed by atoms with Crippen molar-refractivity contribution >= 4 is 5.91 Å². The fourth-order valence-electron chi connectivity index (χ4n) is 3.46. The van der Waals surface area contributed by atoms with Crippen LogP contribution >= 0.6 is 0 Å². The van der Waals surface area contributed by atoms with Gasteiger partial charge in [-0.25, -0.2) is 4.39 Å². The summed E-state index contributed by atoms with van der Waals surface area (Å²) >= 11 is 0. The van der Waals surface area contributed by atoms with Crippen LogP contribution in [0.1, 0.15) is 57.8 Å². The highest BCUT2D eigenvalue weighted by Gasteiger charge is 2.29. The number of nitrogens with one attached hydrogen (secondary N) is 1. The minimum atomic E-state index is -0.757. The Morgan fingerprint density at radius 1 is 1.28 bits per heavy atom. The fourth-order valence-corrected chi connectivity index (χ4v) is 3.46. The molecule has 0 spiro atoms. The number of rotatable bonds is 6. The SMILES string of the molecule is COCC#Cc1cc(C(=O)N[C@@H](c2ccc(C)cc2)c2cc(F)ccc2O)nn1C1CC1. The second-order valence-corrected chi connectivity index (χ2v) is 7.85. The molecular weight excluding hydrogens is 409 g/mol. The monoisotopic (exact) mass is 433 g/mol. The lowest BCUT2D eigenvalue weighted by Gasteiger charge is -2.20. The molecule has 32 heavy (non-hydrogen) atoms. The van der Waals surface area contributed by atoms with E-state index in [4.69, 9.17) is 4.74 Å². The maximum absolute atomic E-state index is 14.0. The molecule has 0 bridgehead atoms. The lowest BCUT2D eigenvalue weighted by molar-refractivity contribution is 0.0936. The van der Waals surface area contributed by atoms with Crippen LogP contribution in [-0.4, -0.2) is 34.5 Å². The van der Waals surface area contributed by atoms with Crippen molar-refractivity contribution in [3.8, 4) is 17.6 Å². The zero-order chi connectivity index (χ0) is 22.7. The lowest BCUT2D eigenvalue weighted by Crippen LogP contribution is -2.30. The van der Waals surface area contributed by atoms with Gasteiger partial charge in [-0.2, -0.15) is 5.10 Å². The molecule has 1 heterocycles. The van der Waals surface area contributed by atoms with E-state index in [9.17, 15) is 14.3 Å². The van der Waals surface area contributed by atoms with Crippen molar-refractivity contribution in [3.63, 3.8) is 0 Å². The Bertz CT molecular complexity index is 1190. The van der Waals surface area contributed by atoms with E-state index in [-0.39, 0.29) is 29.7 Å². The average molecular weight is 433 g/mol. The Morgan fingerprint density at radius 2 is 2.03 bits per heavy atom. The number of benzene rings is 2. The van der Waals surface area contributed by atoms with Crippen LogP contribution in [0, 0.1) is 24.6 Å². The van der Waals surface area contributed by atoms with Crippen LogP contribution in [0.25, 0.3) is 0 Å². The molecule has 2 N–H and O–H groups in total. The maximum atomic E-state index is 14.0. The van der Waals surface area contributed by atoms with Crippen molar-refractivity contribution in [1.29, 1.82) is 0 Å². The summed E-state index contributed by atoms with van der Waals surface area (Å²) in [6.45, 7) is 2.24. The number of aromatic nitrogens is 2. The van der Waals surface area contributed by atoms with Gasteiger partial charge in [0.2, 0.25) is 0 Å². The highest BCUT2D eigenvalue weighted by atomic mass is 19.1. The molecule has 1 aromatic heterocycles. The molecule has 6 nitrogen and oxygen atoms in total. The first kappa shape index (κ1) is 21.6. The number of nitrogens with zero attached hydrogens (tertiary/aromatic N) is 2. The van der Waals surface area contributed by atoms with Gasteiger partial charge in [-0.3, -0.25) is 9.48 Å². The third-order valence-corrected chi connectivity index (χ3v) is 5.28. The molecule has 1 aliphatic rings. The molecule has 0 aliphatic heterocycles. The molecular formula is C25H24FN3O3. The van der Waals surface area contributed by atoms with Crippen molar-refractivity contribution in [1.82, 2.24) is 15.1 Å². The maximum Gasteiger partial charge on any atom is 0.272 e. The summed E-state index contributed by atoms with van der Waals surface area (Å²) in [7, 11) is 1.57. The quantitative estimate of drug-likeness (QED) is 0.579. The van der Waals surface area contributed by atoms with Gasteiger partial charge in [0.25, 0.3) is 5.91 Å². The van der Waals surface area contributed by atoms with Crippen LogP contribution in [0.4, 0.5) is 4.39 Å². The number of halogens is 1. The topological polar surface area (TPSA) is 76.4 Å². The molecule has 0 saturated heterocycles. The Hall–Kier alpha value is -3.63. The summed E-state index contributed by atoms with van der Waals surface area (Å²) in [6.07, 6.45) is 1.98. The third-order valence-electron chi connectivity index (χ3n) is 5.28. The van der Waals surface area contributed by atoms with Gasteiger partial charge in [-0.05, 0) is 49.4 Å². The predicted octanol–water partition coefficient (Wildman–Crippen LogP) is 3.89. The van der Waals surface area contributed by atoms with E-state index in [1.54, 1.807) is 17.9 Å². The molecule has 164 valence electrons. The van der Waals surface area contributed by atoms with Crippen molar-refractivity contribution in [2.24, 2.45) is 0 Å². The van der Waals surface area contributed by atoms with E-state index >= 15 is 0 Å². The van der Waals surface area contributed by atoms with Gasteiger partial charge in [0.05, 0.1) is 12.1 Å². The number of amides is 1. The highest BCUT2D eigenvalue weighted by Crippen LogP contribution is 2.35. The molecule has 3 aromatic rings. The number of hydrogen-bond acceptors (Lipinski definition) is 4. The second-order valence-electron chi connectivity index (χ2n) is 7.85.